The lowest BCUT2D eigenvalue weighted by Gasteiger charge is -2.24. The molecule has 136 valence electrons. The van der Waals surface area contributed by atoms with Crippen molar-refractivity contribution in [3.8, 4) is 0 Å². The SMILES string of the molecule is CCOC(=O)c1c(C)[nH]c(C)c1S(=O)(=O)N(CC)c1cccc(C)c1. The lowest BCUT2D eigenvalue weighted by Crippen LogP contribution is -2.32. The Labute approximate surface area is 148 Å². The third-order valence-corrected chi connectivity index (χ3v) is 6.00. The highest BCUT2D eigenvalue weighted by Gasteiger charge is 2.34. The molecule has 1 aromatic carbocycles. The first-order chi connectivity index (χ1) is 11.7. The first-order valence-electron chi connectivity index (χ1n) is 8.19. The number of aryl methyl sites for hydroxylation is 3. The Morgan fingerprint density at radius 2 is 1.84 bits per heavy atom. The van der Waals surface area contributed by atoms with Gasteiger partial charge in [-0.3, -0.25) is 4.31 Å². The van der Waals surface area contributed by atoms with Crippen LogP contribution in [0, 0.1) is 20.8 Å². The van der Waals surface area contributed by atoms with Crippen LogP contribution in [0.4, 0.5) is 5.69 Å². The first kappa shape index (κ1) is 19.1. The number of hydrogen-bond acceptors (Lipinski definition) is 4. The molecular weight excluding hydrogens is 340 g/mol. The molecule has 7 heteroatoms. The van der Waals surface area contributed by atoms with Crippen molar-refractivity contribution in [3.05, 3.63) is 46.8 Å². The fraction of sp³-hybridized carbons (Fsp3) is 0.389. The summed E-state index contributed by atoms with van der Waals surface area (Å²) in [5, 5.41) is 0. The summed E-state index contributed by atoms with van der Waals surface area (Å²) >= 11 is 0. The molecular formula is C18H24N2O4S. The summed E-state index contributed by atoms with van der Waals surface area (Å²) < 4.78 is 33.0. The predicted molar refractivity (Wildman–Crippen MR) is 97.6 cm³/mol. The molecule has 0 aliphatic heterocycles. The zero-order valence-corrected chi connectivity index (χ0v) is 16.0. The summed E-state index contributed by atoms with van der Waals surface area (Å²) in [5.41, 5.74) is 2.50. The van der Waals surface area contributed by atoms with Gasteiger partial charge in [0.15, 0.2) is 0 Å². The smallest absolute Gasteiger partial charge is 0.341 e. The zero-order chi connectivity index (χ0) is 18.8. The van der Waals surface area contributed by atoms with Crippen molar-refractivity contribution in [2.24, 2.45) is 0 Å². The largest absolute Gasteiger partial charge is 0.462 e. The van der Waals surface area contributed by atoms with E-state index in [2.05, 4.69) is 4.98 Å². The number of nitrogens with zero attached hydrogens (tertiary/aromatic N) is 1. The number of anilines is 1. The van der Waals surface area contributed by atoms with Crippen LogP contribution >= 0.6 is 0 Å². The lowest BCUT2D eigenvalue weighted by atomic mass is 10.2. The molecule has 6 nitrogen and oxygen atoms in total. The Morgan fingerprint density at radius 1 is 1.16 bits per heavy atom. The summed E-state index contributed by atoms with van der Waals surface area (Å²) in [6.07, 6.45) is 0. The van der Waals surface area contributed by atoms with Gasteiger partial charge in [0.1, 0.15) is 10.5 Å². The normalized spacial score (nSPS) is 11.4. The van der Waals surface area contributed by atoms with Gasteiger partial charge in [-0.25, -0.2) is 13.2 Å². The van der Waals surface area contributed by atoms with E-state index in [-0.39, 0.29) is 23.6 Å². The Hall–Kier alpha value is -2.28. The average molecular weight is 364 g/mol. The number of esters is 1. The molecule has 0 bridgehead atoms. The molecule has 0 atom stereocenters. The molecule has 0 amide bonds. The van der Waals surface area contributed by atoms with Crippen LogP contribution < -0.4 is 4.31 Å². The first-order valence-corrected chi connectivity index (χ1v) is 9.63. The van der Waals surface area contributed by atoms with Crippen molar-refractivity contribution in [3.63, 3.8) is 0 Å². The van der Waals surface area contributed by atoms with Gasteiger partial charge in [-0.15, -0.1) is 0 Å². The average Bonchev–Trinajstić information content (AvgIpc) is 2.83. The van der Waals surface area contributed by atoms with E-state index >= 15 is 0 Å². The van der Waals surface area contributed by atoms with Crippen molar-refractivity contribution >= 4 is 21.7 Å². The summed E-state index contributed by atoms with van der Waals surface area (Å²) in [5.74, 6) is -0.636. The molecule has 1 aromatic heterocycles. The van der Waals surface area contributed by atoms with Gasteiger partial charge < -0.3 is 9.72 Å². The molecule has 0 saturated heterocycles. The van der Waals surface area contributed by atoms with Crippen molar-refractivity contribution in [2.45, 2.75) is 39.5 Å². The number of aromatic nitrogens is 1. The van der Waals surface area contributed by atoms with Gasteiger partial charge in [-0.2, -0.15) is 0 Å². The minimum absolute atomic E-state index is 0.0215. The van der Waals surface area contributed by atoms with Crippen LogP contribution in [-0.4, -0.2) is 32.5 Å². The van der Waals surface area contributed by atoms with E-state index in [0.29, 0.717) is 17.1 Å². The van der Waals surface area contributed by atoms with Gasteiger partial charge in [0, 0.05) is 17.9 Å². The predicted octanol–water partition coefficient (Wildman–Crippen LogP) is 3.33. The van der Waals surface area contributed by atoms with Gasteiger partial charge in [0.25, 0.3) is 10.0 Å². The Kier molecular flexibility index (Phi) is 5.57. The molecule has 2 aromatic rings. The van der Waals surface area contributed by atoms with Gasteiger partial charge in [0.2, 0.25) is 0 Å². The van der Waals surface area contributed by atoms with Crippen LogP contribution in [0.5, 0.6) is 0 Å². The third kappa shape index (κ3) is 3.56. The molecule has 0 aliphatic carbocycles. The molecule has 0 saturated carbocycles. The molecule has 0 unspecified atom stereocenters. The van der Waals surface area contributed by atoms with Crippen LogP contribution in [0.3, 0.4) is 0 Å². The van der Waals surface area contributed by atoms with Crippen molar-refractivity contribution in [1.29, 1.82) is 0 Å². The zero-order valence-electron chi connectivity index (χ0n) is 15.2. The monoisotopic (exact) mass is 364 g/mol. The van der Waals surface area contributed by atoms with E-state index in [4.69, 9.17) is 4.74 Å². The summed E-state index contributed by atoms with van der Waals surface area (Å²) in [6, 6.07) is 7.26. The van der Waals surface area contributed by atoms with Crippen LogP contribution in [0.25, 0.3) is 0 Å². The van der Waals surface area contributed by atoms with Crippen LogP contribution in [0.2, 0.25) is 0 Å². The lowest BCUT2D eigenvalue weighted by molar-refractivity contribution is 0.0521. The van der Waals surface area contributed by atoms with E-state index in [1.54, 1.807) is 39.8 Å². The molecule has 0 radical (unpaired) electrons. The van der Waals surface area contributed by atoms with E-state index in [0.717, 1.165) is 5.56 Å². The topological polar surface area (TPSA) is 79.5 Å². The second-order valence-electron chi connectivity index (χ2n) is 5.81. The number of H-pyrrole nitrogens is 1. The maximum Gasteiger partial charge on any atom is 0.341 e. The van der Waals surface area contributed by atoms with Crippen LogP contribution in [0.1, 0.15) is 41.2 Å². The fourth-order valence-corrected chi connectivity index (χ4v) is 4.80. The summed E-state index contributed by atoms with van der Waals surface area (Å²) in [7, 11) is -3.92. The number of nitrogens with one attached hydrogen (secondary N) is 1. The maximum absolute atomic E-state index is 13.3. The number of hydrogen-bond donors (Lipinski definition) is 1. The molecule has 2 rings (SSSR count). The van der Waals surface area contributed by atoms with Gasteiger partial charge in [0.05, 0.1) is 12.3 Å². The second-order valence-corrected chi connectivity index (χ2v) is 7.61. The number of carbonyl (C=O) groups excluding carboxylic acids is 1. The molecule has 25 heavy (non-hydrogen) atoms. The van der Waals surface area contributed by atoms with Crippen LogP contribution in [0.15, 0.2) is 29.2 Å². The van der Waals surface area contributed by atoms with E-state index in [1.165, 1.54) is 4.31 Å². The standard InChI is InChI=1S/C18H24N2O4S/c1-6-20(15-10-8-9-12(3)11-15)25(22,23)17-14(5)19-13(4)16(17)18(21)24-7-2/h8-11,19H,6-7H2,1-5H3. The summed E-state index contributed by atoms with van der Waals surface area (Å²) in [4.78, 5) is 15.3. The molecule has 0 fully saturated rings. The molecule has 0 aliphatic rings. The maximum atomic E-state index is 13.3. The van der Waals surface area contributed by atoms with Crippen LogP contribution in [-0.2, 0) is 14.8 Å². The van der Waals surface area contributed by atoms with Gasteiger partial charge in [-0.1, -0.05) is 12.1 Å². The number of sulfonamides is 1. The summed E-state index contributed by atoms with van der Waals surface area (Å²) in [6.45, 7) is 9.09. The van der Waals surface area contributed by atoms with E-state index in [9.17, 15) is 13.2 Å². The molecule has 1 heterocycles. The quantitative estimate of drug-likeness (QED) is 0.797. The third-order valence-electron chi connectivity index (χ3n) is 3.92. The van der Waals surface area contributed by atoms with Crippen molar-refractivity contribution < 1.29 is 17.9 Å². The van der Waals surface area contributed by atoms with E-state index in [1.807, 2.05) is 19.1 Å². The minimum atomic E-state index is -3.92. The van der Waals surface area contributed by atoms with Crippen molar-refractivity contribution in [2.75, 3.05) is 17.5 Å². The number of benzene rings is 1. The molecule has 0 spiro atoms. The Balaban J connectivity index is 2.65. The van der Waals surface area contributed by atoms with Crippen molar-refractivity contribution in [1.82, 2.24) is 4.98 Å². The Bertz CT molecular complexity index is 884. The number of carbonyl (C=O) groups is 1. The van der Waals surface area contributed by atoms with Gasteiger partial charge >= 0.3 is 5.97 Å². The number of ether oxygens (including phenoxy) is 1. The van der Waals surface area contributed by atoms with E-state index < -0.39 is 16.0 Å². The van der Waals surface area contributed by atoms with Gasteiger partial charge in [-0.05, 0) is 52.3 Å². The Morgan fingerprint density at radius 3 is 2.40 bits per heavy atom. The highest BCUT2D eigenvalue weighted by Crippen LogP contribution is 2.30. The minimum Gasteiger partial charge on any atom is -0.462 e. The fourth-order valence-electron chi connectivity index (χ4n) is 2.91. The highest BCUT2D eigenvalue weighted by atomic mass is 32.2. The molecule has 1 N–H and O–H groups in total. The highest BCUT2D eigenvalue weighted by molar-refractivity contribution is 7.93. The number of rotatable bonds is 6. The second kappa shape index (κ2) is 7.31. The number of aromatic amines is 1.